The minimum atomic E-state index is -0.664. The van der Waals surface area contributed by atoms with Gasteiger partial charge in [-0.3, -0.25) is 14.9 Å². The lowest BCUT2D eigenvalue weighted by Gasteiger charge is -2.20. The van der Waals surface area contributed by atoms with Crippen molar-refractivity contribution in [2.45, 2.75) is 19.4 Å². The van der Waals surface area contributed by atoms with Gasteiger partial charge in [-0.05, 0) is 19.0 Å². The van der Waals surface area contributed by atoms with Crippen molar-refractivity contribution in [3.63, 3.8) is 0 Å². The Morgan fingerprint density at radius 2 is 2.04 bits per heavy atom. The first kappa shape index (κ1) is 16.6. The normalized spacial score (nSPS) is 14.0. The SMILES string of the molecule is CN1CCc2nc(NC(=O)C(=O)NCCc3ccccc3)sc2C1. The van der Waals surface area contributed by atoms with Gasteiger partial charge in [0.15, 0.2) is 5.13 Å². The van der Waals surface area contributed by atoms with E-state index in [4.69, 9.17) is 0 Å². The predicted octanol–water partition coefficient (Wildman–Crippen LogP) is 1.43. The molecule has 0 spiro atoms. The average Bonchev–Trinajstić information content (AvgIpc) is 2.97. The Labute approximate surface area is 144 Å². The Morgan fingerprint density at radius 1 is 1.25 bits per heavy atom. The molecule has 6 nitrogen and oxygen atoms in total. The van der Waals surface area contributed by atoms with Gasteiger partial charge >= 0.3 is 11.8 Å². The molecule has 2 aromatic rings. The van der Waals surface area contributed by atoms with Crippen molar-refractivity contribution in [1.82, 2.24) is 15.2 Å². The summed E-state index contributed by atoms with van der Waals surface area (Å²) in [6.45, 7) is 2.23. The van der Waals surface area contributed by atoms with E-state index in [1.165, 1.54) is 11.3 Å². The van der Waals surface area contributed by atoms with Crippen molar-refractivity contribution < 1.29 is 9.59 Å². The molecule has 0 aliphatic carbocycles. The molecule has 0 saturated carbocycles. The number of rotatable bonds is 4. The lowest BCUT2D eigenvalue weighted by Crippen LogP contribution is -2.36. The Balaban J connectivity index is 1.48. The number of fused-ring (bicyclic) bond motifs is 1. The van der Waals surface area contributed by atoms with Crippen LogP contribution in [0.3, 0.4) is 0 Å². The van der Waals surface area contributed by atoms with Crippen LogP contribution in [0.15, 0.2) is 30.3 Å². The Morgan fingerprint density at radius 3 is 2.83 bits per heavy atom. The number of carbonyl (C=O) groups excluding carboxylic acids is 2. The summed E-state index contributed by atoms with van der Waals surface area (Å²) in [6.07, 6.45) is 1.57. The predicted molar refractivity (Wildman–Crippen MR) is 93.9 cm³/mol. The van der Waals surface area contributed by atoms with E-state index in [2.05, 4.69) is 27.6 Å². The van der Waals surface area contributed by atoms with E-state index in [-0.39, 0.29) is 0 Å². The van der Waals surface area contributed by atoms with Gasteiger partial charge < -0.3 is 10.2 Å². The van der Waals surface area contributed by atoms with Crippen molar-refractivity contribution in [1.29, 1.82) is 0 Å². The zero-order valence-corrected chi connectivity index (χ0v) is 14.4. The Hall–Kier alpha value is -2.25. The Kier molecular flexibility index (Phi) is 5.22. The molecule has 1 aliphatic rings. The molecule has 2 heterocycles. The summed E-state index contributed by atoms with van der Waals surface area (Å²) in [5, 5.41) is 5.74. The minimum absolute atomic E-state index is 0.426. The maximum Gasteiger partial charge on any atom is 0.315 e. The lowest BCUT2D eigenvalue weighted by molar-refractivity contribution is -0.136. The number of benzene rings is 1. The van der Waals surface area contributed by atoms with E-state index in [1.54, 1.807) is 0 Å². The molecule has 2 amide bonds. The lowest BCUT2D eigenvalue weighted by atomic mass is 10.1. The van der Waals surface area contributed by atoms with Gasteiger partial charge in [-0.1, -0.05) is 30.3 Å². The summed E-state index contributed by atoms with van der Waals surface area (Å²) in [5.74, 6) is -1.29. The van der Waals surface area contributed by atoms with Crippen LogP contribution in [0.1, 0.15) is 16.1 Å². The number of nitrogens with zero attached hydrogens (tertiary/aromatic N) is 2. The quantitative estimate of drug-likeness (QED) is 0.823. The largest absolute Gasteiger partial charge is 0.347 e. The molecule has 24 heavy (non-hydrogen) atoms. The summed E-state index contributed by atoms with van der Waals surface area (Å²) in [4.78, 5) is 31.6. The Bertz CT molecular complexity index is 729. The van der Waals surface area contributed by atoms with Crippen molar-refractivity contribution >= 4 is 28.3 Å². The van der Waals surface area contributed by atoms with Crippen LogP contribution in [0.5, 0.6) is 0 Å². The third-order valence-electron chi connectivity index (χ3n) is 3.89. The summed E-state index contributed by atoms with van der Waals surface area (Å²) in [6, 6.07) is 9.82. The first-order valence-electron chi connectivity index (χ1n) is 7.92. The number of anilines is 1. The molecule has 2 N–H and O–H groups in total. The van der Waals surface area contributed by atoms with Gasteiger partial charge in [-0.2, -0.15) is 0 Å². The molecule has 126 valence electrons. The van der Waals surface area contributed by atoms with E-state index in [0.29, 0.717) is 18.1 Å². The fourth-order valence-electron chi connectivity index (χ4n) is 2.58. The zero-order valence-electron chi connectivity index (χ0n) is 13.5. The van der Waals surface area contributed by atoms with Crippen LogP contribution in [0, 0.1) is 0 Å². The molecule has 1 aliphatic heterocycles. The molecule has 0 bridgehead atoms. The highest BCUT2D eigenvalue weighted by Crippen LogP contribution is 2.27. The average molecular weight is 344 g/mol. The maximum atomic E-state index is 12.0. The fourth-order valence-corrected chi connectivity index (χ4v) is 3.66. The van der Waals surface area contributed by atoms with Gasteiger partial charge in [0.2, 0.25) is 0 Å². The fraction of sp³-hybridized carbons (Fsp3) is 0.353. The van der Waals surface area contributed by atoms with Crippen LogP contribution in [-0.4, -0.2) is 41.8 Å². The van der Waals surface area contributed by atoms with Gasteiger partial charge in [0.05, 0.1) is 5.69 Å². The highest BCUT2D eigenvalue weighted by Gasteiger charge is 2.21. The molecular formula is C17H20N4O2S. The summed E-state index contributed by atoms with van der Waals surface area (Å²) in [5.41, 5.74) is 2.15. The van der Waals surface area contributed by atoms with Gasteiger partial charge in [0, 0.05) is 30.9 Å². The zero-order chi connectivity index (χ0) is 16.9. The smallest absolute Gasteiger partial charge is 0.315 e. The molecule has 0 unspecified atom stereocenters. The monoisotopic (exact) mass is 344 g/mol. The number of nitrogens with one attached hydrogen (secondary N) is 2. The van der Waals surface area contributed by atoms with Crippen molar-refractivity contribution in [2.24, 2.45) is 0 Å². The third-order valence-corrected chi connectivity index (χ3v) is 4.89. The molecule has 3 rings (SSSR count). The summed E-state index contributed by atoms with van der Waals surface area (Å²) >= 11 is 1.44. The van der Waals surface area contributed by atoms with Gasteiger partial charge in [0.25, 0.3) is 0 Å². The molecule has 7 heteroatoms. The number of thiazole rings is 1. The first-order valence-corrected chi connectivity index (χ1v) is 8.73. The second-order valence-electron chi connectivity index (χ2n) is 5.82. The number of hydrogen-bond donors (Lipinski definition) is 2. The van der Waals surface area contributed by atoms with Crippen molar-refractivity contribution in [3.8, 4) is 0 Å². The van der Waals surface area contributed by atoms with E-state index >= 15 is 0 Å². The molecule has 0 fully saturated rings. The van der Waals surface area contributed by atoms with Crippen molar-refractivity contribution in [2.75, 3.05) is 25.5 Å². The topological polar surface area (TPSA) is 74.3 Å². The minimum Gasteiger partial charge on any atom is -0.347 e. The van der Waals surface area contributed by atoms with E-state index < -0.39 is 11.8 Å². The molecular weight excluding hydrogens is 324 g/mol. The number of carbonyl (C=O) groups is 2. The van der Waals surface area contributed by atoms with Gasteiger partial charge in [-0.25, -0.2) is 4.98 Å². The summed E-state index contributed by atoms with van der Waals surface area (Å²) < 4.78 is 0. The second kappa shape index (κ2) is 7.55. The van der Waals surface area contributed by atoms with Crippen LogP contribution >= 0.6 is 11.3 Å². The number of hydrogen-bond acceptors (Lipinski definition) is 5. The second-order valence-corrected chi connectivity index (χ2v) is 6.91. The molecule has 1 aromatic carbocycles. The van der Waals surface area contributed by atoms with Gasteiger partial charge in [0.1, 0.15) is 0 Å². The van der Waals surface area contributed by atoms with Crippen LogP contribution in [-0.2, 0) is 29.0 Å². The highest BCUT2D eigenvalue weighted by molar-refractivity contribution is 7.16. The highest BCUT2D eigenvalue weighted by atomic mass is 32.1. The number of amides is 2. The van der Waals surface area contributed by atoms with Crippen molar-refractivity contribution in [3.05, 3.63) is 46.5 Å². The van der Waals surface area contributed by atoms with E-state index in [0.717, 1.165) is 35.6 Å². The van der Waals surface area contributed by atoms with Crippen LogP contribution < -0.4 is 10.6 Å². The number of likely N-dealkylation sites (N-methyl/N-ethyl adjacent to an activating group) is 1. The number of aromatic nitrogens is 1. The van der Waals surface area contributed by atoms with Crippen LogP contribution in [0.2, 0.25) is 0 Å². The molecule has 0 radical (unpaired) electrons. The van der Waals surface area contributed by atoms with E-state index in [1.807, 2.05) is 30.3 Å². The van der Waals surface area contributed by atoms with Gasteiger partial charge in [-0.15, -0.1) is 11.3 Å². The van der Waals surface area contributed by atoms with Crippen LogP contribution in [0.25, 0.3) is 0 Å². The third kappa shape index (κ3) is 4.18. The first-order chi connectivity index (χ1) is 11.6. The summed E-state index contributed by atoms with van der Waals surface area (Å²) in [7, 11) is 2.06. The maximum absolute atomic E-state index is 12.0. The van der Waals surface area contributed by atoms with Crippen LogP contribution in [0.4, 0.5) is 5.13 Å². The standard InChI is InChI=1S/C17H20N4O2S/c1-21-10-8-13-14(11-21)24-17(19-13)20-16(23)15(22)18-9-7-12-5-3-2-4-6-12/h2-6H,7-11H2,1H3,(H,18,22)(H,19,20,23). The molecule has 0 saturated heterocycles. The molecule has 0 atom stereocenters. The van der Waals surface area contributed by atoms with E-state index in [9.17, 15) is 9.59 Å². The molecule has 1 aromatic heterocycles.